The van der Waals surface area contributed by atoms with Gasteiger partial charge in [0.25, 0.3) is 0 Å². The second kappa shape index (κ2) is 5.86. The van der Waals surface area contributed by atoms with Gasteiger partial charge in [0.15, 0.2) is 0 Å². The maximum absolute atomic E-state index is 10.5. The Morgan fingerprint density at radius 3 is 2.71 bits per heavy atom. The number of aromatic amines is 1. The Hall–Kier alpha value is -1.25. The lowest BCUT2D eigenvalue weighted by molar-refractivity contribution is 0.221. The Morgan fingerprint density at radius 1 is 1.24 bits per heavy atom. The van der Waals surface area contributed by atoms with E-state index >= 15 is 0 Å². The smallest absolute Gasteiger partial charge is 0.137 e. The third-order valence-electron chi connectivity index (χ3n) is 3.18. The normalized spacial score (nSPS) is 12.6. The number of hydrogen-bond acceptors (Lipinski definition) is 4. The van der Waals surface area contributed by atoms with Gasteiger partial charge >= 0.3 is 0 Å². The maximum atomic E-state index is 10.5. The molecule has 3 rings (SSSR count). The second-order valence-corrected chi connectivity index (χ2v) is 6.70. The molecular weight excluding hydrogens is 326 g/mol. The van der Waals surface area contributed by atoms with Crippen LogP contribution in [0.4, 0.5) is 5.82 Å². The summed E-state index contributed by atoms with van der Waals surface area (Å²) < 4.78 is 1.74. The molecule has 0 aliphatic rings. The number of fused-ring (bicyclic) bond motifs is 1. The predicted molar refractivity (Wildman–Crippen MR) is 91.3 cm³/mol. The van der Waals surface area contributed by atoms with Crippen molar-refractivity contribution >= 4 is 47.2 Å². The highest BCUT2D eigenvalue weighted by Crippen LogP contribution is 2.30. The fourth-order valence-electron chi connectivity index (χ4n) is 2.12. The van der Waals surface area contributed by atoms with E-state index in [0.29, 0.717) is 16.2 Å². The van der Waals surface area contributed by atoms with Crippen molar-refractivity contribution in [2.45, 2.75) is 6.10 Å². The first-order valence-corrected chi connectivity index (χ1v) is 7.53. The number of halogens is 1. The summed E-state index contributed by atoms with van der Waals surface area (Å²) in [5.41, 5.74) is 2.12. The van der Waals surface area contributed by atoms with Crippen LogP contribution in [0.15, 0.2) is 36.8 Å². The fraction of sp³-hybridized carbons (Fsp3) is 0.0769. The number of nitrogens with zero attached hydrogens (tertiary/aromatic N) is 3. The lowest BCUT2D eigenvalue weighted by Gasteiger charge is -2.13. The molecule has 3 heterocycles. The van der Waals surface area contributed by atoms with E-state index in [4.69, 9.17) is 11.6 Å². The zero-order chi connectivity index (χ0) is 15.0. The standard InChI is InChI=1S/C13H13ClN4OP2/c14-8-3-9-10(6-17-13(9)16-5-8)12(19)7-1-2-11(15-4-7)18(20)21/h1-6,12,19H,20-21H2,(H,16,17). The first kappa shape index (κ1) is 14.7. The van der Waals surface area contributed by atoms with Crippen molar-refractivity contribution in [3.63, 3.8) is 0 Å². The van der Waals surface area contributed by atoms with Gasteiger partial charge in [-0.15, -0.1) is 0 Å². The van der Waals surface area contributed by atoms with E-state index in [9.17, 15) is 5.11 Å². The second-order valence-electron chi connectivity index (χ2n) is 4.55. The molecule has 0 aliphatic heterocycles. The number of rotatable bonds is 3. The third kappa shape index (κ3) is 2.88. The van der Waals surface area contributed by atoms with Gasteiger partial charge in [0.1, 0.15) is 17.6 Å². The Bertz CT molecular complexity index is 775. The molecule has 21 heavy (non-hydrogen) atoms. The highest BCUT2D eigenvalue weighted by Gasteiger charge is 2.16. The van der Waals surface area contributed by atoms with Gasteiger partial charge in [-0.25, -0.2) is 9.97 Å². The van der Waals surface area contributed by atoms with Crippen LogP contribution >= 0.6 is 30.4 Å². The number of aliphatic hydroxyl groups excluding tert-OH is 1. The molecule has 3 atom stereocenters. The molecule has 0 saturated carbocycles. The van der Waals surface area contributed by atoms with Crippen molar-refractivity contribution < 1.29 is 5.11 Å². The van der Waals surface area contributed by atoms with Crippen molar-refractivity contribution in [2.24, 2.45) is 0 Å². The van der Waals surface area contributed by atoms with Gasteiger partial charge in [0.2, 0.25) is 0 Å². The van der Waals surface area contributed by atoms with Crippen LogP contribution in [-0.4, -0.2) is 20.1 Å². The first-order chi connectivity index (χ1) is 10.1. The average molecular weight is 339 g/mol. The number of H-pyrrole nitrogens is 1. The molecular formula is C13H13ClN4OP2. The summed E-state index contributed by atoms with van der Waals surface area (Å²) in [5.74, 6) is 0.768. The first-order valence-electron chi connectivity index (χ1n) is 6.12. The van der Waals surface area contributed by atoms with Crippen LogP contribution in [0.25, 0.3) is 11.0 Å². The summed E-state index contributed by atoms with van der Waals surface area (Å²) in [6.45, 7) is 0. The van der Waals surface area contributed by atoms with Crippen LogP contribution in [0.3, 0.4) is 0 Å². The van der Waals surface area contributed by atoms with Crippen molar-refractivity contribution in [1.29, 1.82) is 0 Å². The molecule has 0 spiro atoms. The number of hydrogen-bond donors (Lipinski definition) is 2. The van der Waals surface area contributed by atoms with Crippen LogP contribution in [-0.2, 0) is 0 Å². The molecule has 2 N–H and O–H groups in total. The molecule has 3 unspecified atom stereocenters. The summed E-state index contributed by atoms with van der Waals surface area (Å²) >= 11 is 5.97. The molecule has 0 aliphatic carbocycles. The Balaban J connectivity index is 1.99. The molecule has 0 fully saturated rings. The van der Waals surface area contributed by atoms with E-state index in [-0.39, 0.29) is 0 Å². The summed E-state index contributed by atoms with van der Waals surface area (Å²) in [5, 5.41) is 11.9. The van der Waals surface area contributed by atoms with Crippen LogP contribution in [0.5, 0.6) is 0 Å². The predicted octanol–water partition coefficient (Wildman–Crippen LogP) is 3.08. The zero-order valence-electron chi connectivity index (χ0n) is 10.9. The molecule has 0 amide bonds. The van der Waals surface area contributed by atoms with Crippen molar-refractivity contribution in [1.82, 2.24) is 15.0 Å². The third-order valence-corrected chi connectivity index (χ3v) is 3.91. The van der Waals surface area contributed by atoms with Crippen LogP contribution in [0.1, 0.15) is 17.2 Å². The molecule has 0 saturated heterocycles. The molecule has 0 bridgehead atoms. The Kier molecular flexibility index (Phi) is 4.10. The number of pyridine rings is 2. The lowest BCUT2D eigenvalue weighted by atomic mass is 10.0. The van der Waals surface area contributed by atoms with Crippen LogP contribution in [0.2, 0.25) is 5.02 Å². The minimum absolute atomic E-state index is 0.533. The van der Waals surface area contributed by atoms with E-state index in [1.165, 1.54) is 0 Å². The summed E-state index contributed by atoms with van der Waals surface area (Å²) in [4.78, 5) is 11.5. The molecule has 0 aromatic carbocycles. The van der Waals surface area contributed by atoms with E-state index in [1.807, 2.05) is 12.1 Å². The van der Waals surface area contributed by atoms with Gasteiger partial charge < -0.3 is 14.5 Å². The summed E-state index contributed by atoms with van der Waals surface area (Å²) in [7, 11) is 5.00. The summed E-state index contributed by atoms with van der Waals surface area (Å²) in [6, 6.07) is 5.46. The molecule has 0 radical (unpaired) electrons. The topological polar surface area (TPSA) is 65.0 Å². The van der Waals surface area contributed by atoms with Crippen molar-refractivity contribution in [3.8, 4) is 0 Å². The average Bonchev–Trinajstić information content (AvgIpc) is 2.89. The minimum atomic E-state index is -0.789. The largest absolute Gasteiger partial charge is 0.384 e. The van der Waals surface area contributed by atoms with Crippen molar-refractivity contribution in [2.75, 3.05) is 4.44 Å². The van der Waals surface area contributed by atoms with Crippen molar-refractivity contribution in [3.05, 3.63) is 52.9 Å². The number of aliphatic hydroxyl groups is 1. The minimum Gasteiger partial charge on any atom is -0.384 e. The monoisotopic (exact) mass is 338 g/mol. The Labute approximate surface area is 131 Å². The van der Waals surface area contributed by atoms with E-state index in [1.54, 1.807) is 29.1 Å². The molecule has 5 nitrogen and oxygen atoms in total. The van der Waals surface area contributed by atoms with E-state index in [0.717, 1.165) is 16.8 Å². The van der Waals surface area contributed by atoms with Gasteiger partial charge in [-0.2, -0.15) is 0 Å². The molecule has 8 heteroatoms. The van der Waals surface area contributed by atoms with Gasteiger partial charge in [0, 0.05) is 35.1 Å². The van der Waals surface area contributed by atoms with Gasteiger partial charge in [-0.1, -0.05) is 17.7 Å². The summed E-state index contributed by atoms with van der Waals surface area (Å²) in [6.07, 6.45) is 4.17. The fourth-order valence-corrected chi connectivity index (χ4v) is 2.58. The van der Waals surface area contributed by atoms with Crippen LogP contribution in [0, 0.1) is 0 Å². The number of aromatic nitrogens is 3. The molecule has 3 aromatic heterocycles. The molecule has 108 valence electrons. The molecule has 3 aromatic rings. The maximum Gasteiger partial charge on any atom is 0.137 e. The SMILES string of the molecule is OC(c1ccc(N(P)P)nc1)c1c[nH]c2ncc(Cl)cc12. The van der Waals surface area contributed by atoms with Gasteiger partial charge in [-0.05, 0) is 30.9 Å². The lowest BCUT2D eigenvalue weighted by Crippen LogP contribution is -2.01. The highest BCUT2D eigenvalue weighted by molar-refractivity contribution is 7.39. The Morgan fingerprint density at radius 2 is 2.05 bits per heavy atom. The quantitative estimate of drug-likeness (QED) is 0.720. The van der Waals surface area contributed by atoms with Gasteiger partial charge in [0.05, 0.1) is 5.02 Å². The van der Waals surface area contributed by atoms with E-state index in [2.05, 4.69) is 33.7 Å². The van der Waals surface area contributed by atoms with E-state index < -0.39 is 6.10 Å². The highest BCUT2D eigenvalue weighted by atomic mass is 35.5. The number of nitrogens with one attached hydrogen (secondary N) is 1. The van der Waals surface area contributed by atoms with Crippen LogP contribution < -0.4 is 4.44 Å². The number of anilines is 1. The van der Waals surface area contributed by atoms with Gasteiger partial charge in [-0.3, -0.25) is 0 Å². The zero-order valence-corrected chi connectivity index (χ0v) is 13.9.